The van der Waals surface area contributed by atoms with Crippen molar-refractivity contribution in [3.05, 3.63) is 11.1 Å². The first-order valence-electron chi connectivity index (χ1n) is 7.81. The van der Waals surface area contributed by atoms with Gasteiger partial charge in [0.2, 0.25) is 0 Å². The zero-order valence-electron chi connectivity index (χ0n) is 12.6. The summed E-state index contributed by atoms with van der Waals surface area (Å²) in [6, 6.07) is 0. The van der Waals surface area contributed by atoms with E-state index in [2.05, 4.69) is 38.9 Å². The third-order valence-corrected chi connectivity index (χ3v) is 4.92. The first-order chi connectivity index (χ1) is 8.59. The van der Waals surface area contributed by atoms with Crippen molar-refractivity contribution in [1.29, 1.82) is 0 Å². The Kier molecular flexibility index (Phi) is 6.29. The highest BCUT2D eigenvalue weighted by atomic mass is 14.7. The lowest BCUT2D eigenvalue weighted by Crippen LogP contribution is -2.22. The Morgan fingerprint density at radius 2 is 1.84 bits per heavy atom. The summed E-state index contributed by atoms with van der Waals surface area (Å²) in [5, 5.41) is 0. The summed E-state index contributed by atoms with van der Waals surface area (Å²) in [7, 11) is 0. The van der Waals surface area contributed by atoms with Crippen molar-refractivity contribution in [1.82, 2.24) is 0 Å². The molecule has 0 spiro atoms. The predicted molar refractivity (Wildman–Crippen MR) is 86.9 cm³/mol. The summed E-state index contributed by atoms with van der Waals surface area (Å²) in [5.74, 6) is 3.13. The maximum absolute atomic E-state index is 4.61. The number of fused-ring (bicyclic) bond motifs is 1. The molecule has 0 saturated heterocycles. The van der Waals surface area contributed by atoms with E-state index in [-0.39, 0.29) is 7.43 Å². The third-order valence-electron chi connectivity index (χ3n) is 4.92. The van der Waals surface area contributed by atoms with Crippen LogP contribution in [0.5, 0.6) is 0 Å². The zero-order chi connectivity index (χ0) is 13.1. The monoisotopic (exact) mass is 263 g/mol. The Morgan fingerprint density at radius 1 is 1.11 bits per heavy atom. The van der Waals surface area contributed by atoms with Gasteiger partial charge in [0.05, 0.1) is 6.54 Å². The molecule has 0 aromatic heterocycles. The van der Waals surface area contributed by atoms with Crippen LogP contribution < -0.4 is 0 Å². The molecule has 1 heteroatoms. The molecule has 0 aromatic carbocycles. The van der Waals surface area contributed by atoms with Gasteiger partial charge in [-0.2, -0.15) is 0 Å². The second kappa shape index (κ2) is 7.26. The number of allylic oxidation sites excluding steroid dienone is 1. The Bertz CT molecular complexity index is 336. The van der Waals surface area contributed by atoms with Gasteiger partial charge >= 0.3 is 0 Å². The maximum Gasteiger partial charge on any atom is 0.0601 e. The third kappa shape index (κ3) is 3.94. The van der Waals surface area contributed by atoms with E-state index < -0.39 is 0 Å². The molecule has 19 heavy (non-hydrogen) atoms. The topological polar surface area (TPSA) is 12.4 Å². The fourth-order valence-electron chi connectivity index (χ4n) is 3.61. The van der Waals surface area contributed by atoms with E-state index in [0.717, 1.165) is 18.4 Å². The van der Waals surface area contributed by atoms with E-state index in [1.165, 1.54) is 32.1 Å². The van der Waals surface area contributed by atoms with E-state index in [4.69, 9.17) is 0 Å². The number of hydrogen-bond donors (Lipinski definition) is 0. The molecule has 0 amide bonds. The SMILES string of the molecule is C.CC(C)C1=C2CCC(C(C)C)CCCC2C=NC1. The molecule has 0 aromatic rings. The van der Waals surface area contributed by atoms with Crippen molar-refractivity contribution in [3.8, 4) is 0 Å². The van der Waals surface area contributed by atoms with Crippen LogP contribution >= 0.6 is 0 Å². The van der Waals surface area contributed by atoms with Crippen LogP contribution in [0.1, 0.15) is 67.2 Å². The molecule has 0 N–H and O–H groups in total. The molecular weight excluding hydrogens is 230 g/mol. The summed E-state index contributed by atoms with van der Waals surface area (Å²) in [5.41, 5.74) is 3.40. The van der Waals surface area contributed by atoms with Crippen molar-refractivity contribution >= 4 is 6.21 Å². The largest absolute Gasteiger partial charge is 0.292 e. The second-order valence-corrected chi connectivity index (χ2v) is 6.78. The van der Waals surface area contributed by atoms with E-state index in [1.807, 2.05) is 0 Å². The summed E-state index contributed by atoms with van der Waals surface area (Å²) in [6.45, 7) is 10.4. The van der Waals surface area contributed by atoms with Crippen LogP contribution in [0.3, 0.4) is 0 Å². The molecule has 1 saturated carbocycles. The molecule has 1 aliphatic heterocycles. The number of hydrogen-bond acceptors (Lipinski definition) is 1. The minimum atomic E-state index is 0. The minimum Gasteiger partial charge on any atom is -0.292 e. The highest BCUT2D eigenvalue weighted by Gasteiger charge is 2.25. The van der Waals surface area contributed by atoms with Crippen LogP contribution in [-0.2, 0) is 0 Å². The van der Waals surface area contributed by atoms with Crippen molar-refractivity contribution in [2.45, 2.75) is 67.2 Å². The first kappa shape index (κ1) is 16.5. The van der Waals surface area contributed by atoms with Crippen LogP contribution in [-0.4, -0.2) is 12.8 Å². The zero-order valence-corrected chi connectivity index (χ0v) is 12.6. The standard InChI is InChI=1S/C17H29N.CH4/c1-12(2)14-6-5-7-15-10-18-11-17(13(3)4)16(15)9-8-14;/h10,12-15H,5-9,11H2,1-4H3;1H4. The van der Waals surface area contributed by atoms with Crippen molar-refractivity contribution in [3.63, 3.8) is 0 Å². The molecule has 2 atom stereocenters. The van der Waals surface area contributed by atoms with Gasteiger partial charge in [0.25, 0.3) is 0 Å². The summed E-state index contributed by atoms with van der Waals surface area (Å²) >= 11 is 0. The van der Waals surface area contributed by atoms with Gasteiger partial charge in [0.15, 0.2) is 0 Å². The van der Waals surface area contributed by atoms with Gasteiger partial charge in [-0.1, -0.05) is 53.5 Å². The average Bonchev–Trinajstić information content (AvgIpc) is 2.28. The van der Waals surface area contributed by atoms with E-state index in [1.54, 1.807) is 11.1 Å². The molecule has 110 valence electrons. The van der Waals surface area contributed by atoms with Gasteiger partial charge < -0.3 is 0 Å². The Hall–Kier alpha value is -0.590. The predicted octanol–water partition coefficient (Wildman–Crippen LogP) is 5.51. The van der Waals surface area contributed by atoms with Crippen LogP contribution in [0.4, 0.5) is 0 Å². The van der Waals surface area contributed by atoms with Crippen LogP contribution in [0.15, 0.2) is 16.1 Å². The molecule has 2 aliphatic rings. The summed E-state index contributed by atoms with van der Waals surface area (Å²) in [4.78, 5) is 4.61. The lowest BCUT2D eigenvalue weighted by atomic mass is 9.75. The molecule has 2 rings (SSSR count). The molecule has 1 aliphatic carbocycles. The van der Waals surface area contributed by atoms with Gasteiger partial charge in [-0.15, -0.1) is 0 Å². The fraction of sp³-hybridized carbons (Fsp3) is 0.833. The highest BCUT2D eigenvalue weighted by molar-refractivity contribution is 5.67. The van der Waals surface area contributed by atoms with E-state index in [0.29, 0.717) is 11.8 Å². The Labute approximate surface area is 120 Å². The van der Waals surface area contributed by atoms with Crippen molar-refractivity contribution in [2.75, 3.05) is 6.54 Å². The molecule has 1 heterocycles. The average molecular weight is 263 g/mol. The lowest BCUT2D eigenvalue weighted by molar-refractivity contribution is 0.307. The van der Waals surface area contributed by atoms with Gasteiger partial charge in [0.1, 0.15) is 0 Å². The fourth-order valence-corrected chi connectivity index (χ4v) is 3.61. The van der Waals surface area contributed by atoms with Crippen molar-refractivity contribution in [2.24, 2.45) is 28.7 Å². The van der Waals surface area contributed by atoms with Crippen LogP contribution in [0, 0.1) is 23.7 Å². The first-order valence-corrected chi connectivity index (χ1v) is 7.81. The molecule has 0 bridgehead atoms. The molecule has 1 nitrogen and oxygen atoms in total. The van der Waals surface area contributed by atoms with Gasteiger partial charge in [0, 0.05) is 12.1 Å². The molecule has 2 unspecified atom stereocenters. The van der Waals surface area contributed by atoms with E-state index in [9.17, 15) is 0 Å². The Morgan fingerprint density at radius 3 is 2.47 bits per heavy atom. The number of nitrogens with zero attached hydrogens (tertiary/aromatic N) is 1. The van der Waals surface area contributed by atoms with Gasteiger partial charge in [-0.3, -0.25) is 4.99 Å². The summed E-state index contributed by atoms with van der Waals surface area (Å²) in [6.07, 6.45) is 9.11. The highest BCUT2D eigenvalue weighted by Crippen LogP contribution is 2.37. The van der Waals surface area contributed by atoms with Gasteiger partial charge in [-0.25, -0.2) is 0 Å². The quantitative estimate of drug-likeness (QED) is 0.582. The smallest absolute Gasteiger partial charge is 0.0601 e. The Balaban J connectivity index is 0.00000180. The lowest BCUT2D eigenvalue weighted by Gasteiger charge is -2.32. The van der Waals surface area contributed by atoms with Crippen LogP contribution in [0.25, 0.3) is 0 Å². The number of rotatable bonds is 2. The molecule has 1 fully saturated rings. The normalized spacial score (nSPS) is 27.9. The second-order valence-electron chi connectivity index (χ2n) is 6.78. The number of dihydropyridines is 1. The minimum absolute atomic E-state index is 0. The van der Waals surface area contributed by atoms with Crippen molar-refractivity contribution < 1.29 is 0 Å². The number of aliphatic imine (C=N–C) groups is 1. The van der Waals surface area contributed by atoms with Crippen LogP contribution in [0.2, 0.25) is 0 Å². The molecule has 0 radical (unpaired) electrons. The van der Waals surface area contributed by atoms with E-state index >= 15 is 0 Å². The molecular formula is C18H33N. The maximum atomic E-state index is 4.61. The summed E-state index contributed by atoms with van der Waals surface area (Å²) < 4.78 is 0. The van der Waals surface area contributed by atoms with Gasteiger partial charge in [-0.05, 0) is 42.6 Å².